The Morgan fingerprint density at radius 2 is 2.00 bits per heavy atom. The van der Waals surface area contributed by atoms with Gasteiger partial charge < -0.3 is 15.2 Å². The third-order valence-corrected chi connectivity index (χ3v) is 3.29. The minimum absolute atomic E-state index is 0.198. The summed E-state index contributed by atoms with van der Waals surface area (Å²) in [5, 5.41) is 0. The van der Waals surface area contributed by atoms with E-state index in [-0.39, 0.29) is 5.41 Å². The third kappa shape index (κ3) is 2.99. The molecule has 1 aromatic rings. The standard InChI is InChI=1S/C14H21NO2/c1-11(7-15)12-3-5-13(6-4-12)17-10-14(2)8-16-9-14/h3-6,11H,7-10,15H2,1-2H3. The normalized spacial score (nSPS) is 19.5. The summed E-state index contributed by atoms with van der Waals surface area (Å²) in [4.78, 5) is 0. The first kappa shape index (κ1) is 12.4. The Morgan fingerprint density at radius 3 is 2.47 bits per heavy atom. The average Bonchev–Trinajstić information content (AvgIpc) is 2.33. The van der Waals surface area contributed by atoms with E-state index in [1.165, 1.54) is 5.56 Å². The Kier molecular flexibility index (Phi) is 3.69. The van der Waals surface area contributed by atoms with Gasteiger partial charge in [0, 0.05) is 5.41 Å². The van der Waals surface area contributed by atoms with E-state index in [1.807, 2.05) is 12.1 Å². The second kappa shape index (κ2) is 5.07. The number of ether oxygens (including phenoxy) is 2. The Morgan fingerprint density at radius 1 is 1.35 bits per heavy atom. The molecular formula is C14H21NO2. The van der Waals surface area contributed by atoms with Gasteiger partial charge in [0.15, 0.2) is 0 Å². The zero-order valence-corrected chi connectivity index (χ0v) is 10.6. The van der Waals surface area contributed by atoms with Crippen molar-refractivity contribution >= 4 is 0 Å². The fourth-order valence-corrected chi connectivity index (χ4v) is 1.82. The van der Waals surface area contributed by atoms with Crippen molar-refractivity contribution in [3.8, 4) is 5.75 Å². The van der Waals surface area contributed by atoms with Crippen molar-refractivity contribution in [2.24, 2.45) is 11.1 Å². The second-order valence-electron chi connectivity index (χ2n) is 5.30. The van der Waals surface area contributed by atoms with Crippen LogP contribution in [-0.2, 0) is 4.74 Å². The summed E-state index contributed by atoms with van der Waals surface area (Å²) >= 11 is 0. The molecule has 0 aromatic heterocycles. The lowest BCUT2D eigenvalue weighted by Crippen LogP contribution is -2.44. The van der Waals surface area contributed by atoms with E-state index in [0.717, 1.165) is 25.6 Å². The summed E-state index contributed by atoms with van der Waals surface area (Å²) in [6, 6.07) is 8.22. The first-order chi connectivity index (χ1) is 8.13. The highest BCUT2D eigenvalue weighted by Crippen LogP contribution is 2.28. The van der Waals surface area contributed by atoms with Crippen LogP contribution in [0.15, 0.2) is 24.3 Å². The SMILES string of the molecule is CC(CN)c1ccc(OCC2(C)COC2)cc1. The lowest BCUT2D eigenvalue weighted by atomic mass is 9.90. The Labute approximate surface area is 103 Å². The molecule has 1 atom stereocenters. The van der Waals surface area contributed by atoms with Crippen molar-refractivity contribution in [1.29, 1.82) is 0 Å². The van der Waals surface area contributed by atoms with Gasteiger partial charge in [0.2, 0.25) is 0 Å². The second-order valence-corrected chi connectivity index (χ2v) is 5.30. The zero-order chi connectivity index (χ0) is 12.3. The van der Waals surface area contributed by atoms with Crippen LogP contribution < -0.4 is 10.5 Å². The molecule has 3 heteroatoms. The number of hydrogen-bond acceptors (Lipinski definition) is 3. The predicted octanol–water partition coefficient (Wildman–Crippen LogP) is 2.16. The molecule has 0 bridgehead atoms. The van der Waals surface area contributed by atoms with E-state index in [9.17, 15) is 0 Å². The van der Waals surface area contributed by atoms with Gasteiger partial charge in [-0.25, -0.2) is 0 Å². The highest BCUT2D eigenvalue weighted by atomic mass is 16.5. The molecule has 3 nitrogen and oxygen atoms in total. The lowest BCUT2D eigenvalue weighted by molar-refractivity contribution is -0.120. The number of benzene rings is 1. The molecule has 1 heterocycles. The Hall–Kier alpha value is -1.06. The highest BCUT2D eigenvalue weighted by Gasteiger charge is 2.34. The molecule has 0 spiro atoms. The van der Waals surface area contributed by atoms with Crippen LogP contribution in [0.25, 0.3) is 0 Å². The van der Waals surface area contributed by atoms with Crippen LogP contribution in [-0.4, -0.2) is 26.4 Å². The number of hydrogen-bond donors (Lipinski definition) is 1. The van der Waals surface area contributed by atoms with Crippen LogP contribution in [0.4, 0.5) is 0 Å². The van der Waals surface area contributed by atoms with Gasteiger partial charge in [0.05, 0.1) is 19.8 Å². The molecule has 0 amide bonds. The van der Waals surface area contributed by atoms with Gasteiger partial charge >= 0.3 is 0 Å². The van der Waals surface area contributed by atoms with E-state index >= 15 is 0 Å². The van der Waals surface area contributed by atoms with Gasteiger partial charge in [-0.1, -0.05) is 26.0 Å². The van der Waals surface area contributed by atoms with E-state index in [1.54, 1.807) is 0 Å². The van der Waals surface area contributed by atoms with Crippen LogP contribution in [0.3, 0.4) is 0 Å². The van der Waals surface area contributed by atoms with E-state index < -0.39 is 0 Å². The molecule has 94 valence electrons. The Balaban J connectivity index is 1.89. The highest BCUT2D eigenvalue weighted by molar-refractivity contribution is 5.29. The van der Waals surface area contributed by atoms with E-state index in [4.69, 9.17) is 15.2 Å². The molecular weight excluding hydrogens is 214 g/mol. The monoisotopic (exact) mass is 235 g/mol. The maximum absolute atomic E-state index is 5.77. The van der Waals surface area contributed by atoms with E-state index in [2.05, 4.69) is 26.0 Å². The first-order valence-corrected chi connectivity index (χ1v) is 6.13. The van der Waals surface area contributed by atoms with Gasteiger partial charge in [-0.15, -0.1) is 0 Å². The van der Waals surface area contributed by atoms with Crippen LogP contribution in [0, 0.1) is 5.41 Å². The van der Waals surface area contributed by atoms with Crippen LogP contribution in [0.5, 0.6) is 5.75 Å². The summed E-state index contributed by atoms with van der Waals surface area (Å²) in [5.74, 6) is 1.33. The summed E-state index contributed by atoms with van der Waals surface area (Å²) in [5.41, 5.74) is 7.10. The molecule has 0 saturated carbocycles. The van der Waals surface area contributed by atoms with Crippen molar-refractivity contribution in [2.45, 2.75) is 19.8 Å². The largest absolute Gasteiger partial charge is 0.493 e. The van der Waals surface area contributed by atoms with Crippen molar-refractivity contribution in [3.05, 3.63) is 29.8 Å². The molecule has 2 rings (SSSR count). The summed E-state index contributed by atoms with van der Waals surface area (Å²) in [6.07, 6.45) is 0. The summed E-state index contributed by atoms with van der Waals surface area (Å²) < 4.78 is 11.0. The van der Waals surface area contributed by atoms with Crippen LogP contribution in [0.2, 0.25) is 0 Å². The number of nitrogens with two attached hydrogens (primary N) is 1. The van der Waals surface area contributed by atoms with Crippen molar-refractivity contribution in [1.82, 2.24) is 0 Å². The smallest absolute Gasteiger partial charge is 0.119 e. The predicted molar refractivity (Wildman–Crippen MR) is 68.3 cm³/mol. The first-order valence-electron chi connectivity index (χ1n) is 6.13. The van der Waals surface area contributed by atoms with Crippen LogP contribution >= 0.6 is 0 Å². The van der Waals surface area contributed by atoms with Gasteiger partial charge in [-0.3, -0.25) is 0 Å². The number of rotatable bonds is 5. The fourth-order valence-electron chi connectivity index (χ4n) is 1.82. The Bertz CT molecular complexity index is 357. The van der Waals surface area contributed by atoms with E-state index in [0.29, 0.717) is 12.5 Å². The molecule has 1 fully saturated rings. The van der Waals surface area contributed by atoms with Gasteiger partial charge in [0.1, 0.15) is 5.75 Å². The lowest BCUT2D eigenvalue weighted by Gasteiger charge is -2.37. The van der Waals surface area contributed by atoms with Crippen molar-refractivity contribution in [2.75, 3.05) is 26.4 Å². The van der Waals surface area contributed by atoms with Crippen molar-refractivity contribution in [3.63, 3.8) is 0 Å². The van der Waals surface area contributed by atoms with Crippen molar-refractivity contribution < 1.29 is 9.47 Å². The maximum Gasteiger partial charge on any atom is 0.119 e. The minimum atomic E-state index is 0.198. The van der Waals surface area contributed by atoms with Gasteiger partial charge in [0.25, 0.3) is 0 Å². The summed E-state index contributed by atoms with van der Waals surface area (Å²) in [7, 11) is 0. The molecule has 0 aliphatic carbocycles. The molecule has 2 N–H and O–H groups in total. The molecule has 1 saturated heterocycles. The molecule has 1 unspecified atom stereocenters. The third-order valence-electron chi connectivity index (χ3n) is 3.29. The topological polar surface area (TPSA) is 44.5 Å². The average molecular weight is 235 g/mol. The van der Waals surface area contributed by atoms with Gasteiger partial charge in [-0.05, 0) is 30.2 Å². The molecule has 1 aliphatic rings. The molecule has 1 aromatic carbocycles. The quantitative estimate of drug-likeness (QED) is 0.850. The van der Waals surface area contributed by atoms with Gasteiger partial charge in [-0.2, -0.15) is 0 Å². The zero-order valence-electron chi connectivity index (χ0n) is 10.6. The molecule has 17 heavy (non-hydrogen) atoms. The summed E-state index contributed by atoms with van der Waals surface area (Å²) in [6.45, 7) is 7.31. The minimum Gasteiger partial charge on any atom is -0.493 e. The van der Waals surface area contributed by atoms with Crippen LogP contribution in [0.1, 0.15) is 25.3 Å². The molecule has 1 aliphatic heterocycles. The fraction of sp³-hybridized carbons (Fsp3) is 0.571. The maximum atomic E-state index is 5.77. The molecule has 0 radical (unpaired) electrons.